The fourth-order valence-corrected chi connectivity index (χ4v) is 2.83. The number of hydrogen-bond acceptors (Lipinski definition) is 3. The third-order valence-corrected chi connectivity index (χ3v) is 4.24. The van der Waals surface area contributed by atoms with E-state index in [1.165, 1.54) is 6.07 Å². The first-order valence-electron chi connectivity index (χ1n) is 8.85. The maximum atomic E-state index is 13.8. The first kappa shape index (κ1) is 23.4. The summed E-state index contributed by atoms with van der Waals surface area (Å²) in [5.41, 5.74) is 0.527. The second-order valence-electron chi connectivity index (χ2n) is 5.85. The fraction of sp³-hybridized carbons (Fsp3) is 0.611. The number of aliphatic imine (C=N–C) groups is 1. The molecule has 26 heavy (non-hydrogen) atoms. The third kappa shape index (κ3) is 8.37. The predicted octanol–water partition coefficient (Wildman–Crippen LogP) is 3.39. The molecule has 1 aromatic carbocycles. The zero-order valence-corrected chi connectivity index (χ0v) is 18.2. The summed E-state index contributed by atoms with van der Waals surface area (Å²) in [4.78, 5) is 4.51. The molecule has 0 bridgehead atoms. The summed E-state index contributed by atoms with van der Waals surface area (Å²) in [7, 11) is 0. The molecule has 0 aliphatic carbocycles. The average molecular weight is 500 g/mol. The van der Waals surface area contributed by atoms with Crippen molar-refractivity contribution in [3.63, 3.8) is 0 Å². The quantitative estimate of drug-likeness (QED) is 0.237. The molecular weight excluding hydrogens is 472 g/mol. The third-order valence-electron chi connectivity index (χ3n) is 3.89. The van der Waals surface area contributed by atoms with Gasteiger partial charge in [-0.05, 0) is 38.3 Å². The van der Waals surface area contributed by atoms with Gasteiger partial charge in [0.05, 0.1) is 12.7 Å². The van der Waals surface area contributed by atoms with Gasteiger partial charge in [-0.1, -0.05) is 17.7 Å². The maximum Gasteiger partial charge on any atom is 0.191 e. The van der Waals surface area contributed by atoms with Crippen LogP contribution in [0.3, 0.4) is 0 Å². The van der Waals surface area contributed by atoms with E-state index in [1.54, 1.807) is 12.1 Å². The zero-order valence-electron chi connectivity index (χ0n) is 15.1. The molecule has 0 amide bonds. The normalized spacial score (nSPS) is 17.0. The van der Waals surface area contributed by atoms with Crippen molar-refractivity contribution in [3.05, 3.63) is 34.6 Å². The van der Waals surface area contributed by atoms with E-state index >= 15 is 0 Å². The monoisotopic (exact) mass is 499 g/mol. The van der Waals surface area contributed by atoms with Gasteiger partial charge in [0.1, 0.15) is 5.82 Å². The molecule has 8 heteroatoms. The molecule has 1 atom stereocenters. The number of ether oxygens (including phenoxy) is 2. The van der Waals surface area contributed by atoms with Gasteiger partial charge in [-0.15, -0.1) is 24.0 Å². The van der Waals surface area contributed by atoms with E-state index in [0.29, 0.717) is 43.3 Å². The highest BCUT2D eigenvalue weighted by molar-refractivity contribution is 14.0. The molecule has 1 heterocycles. The fourth-order valence-electron chi connectivity index (χ4n) is 2.57. The van der Waals surface area contributed by atoms with Crippen LogP contribution in [0.1, 0.15) is 25.3 Å². The van der Waals surface area contributed by atoms with Crippen LogP contribution >= 0.6 is 35.6 Å². The molecule has 1 unspecified atom stereocenters. The zero-order chi connectivity index (χ0) is 17.9. The molecule has 0 spiro atoms. The first-order valence-corrected chi connectivity index (χ1v) is 9.23. The van der Waals surface area contributed by atoms with Crippen LogP contribution in [0.2, 0.25) is 5.02 Å². The topological polar surface area (TPSA) is 54.9 Å². The minimum atomic E-state index is -0.274. The molecule has 2 N–H and O–H groups in total. The Bertz CT molecular complexity index is 537. The van der Waals surface area contributed by atoms with Crippen molar-refractivity contribution >= 4 is 41.5 Å². The summed E-state index contributed by atoms with van der Waals surface area (Å²) in [6.07, 6.45) is 2.57. The largest absolute Gasteiger partial charge is 0.379 e. The molecule has 0 saturated carbocycles. The Morgan fingerprint density at radius 2 is 2.27 bits per heavy atom. The van der Waals surface area contributed by atoms with Gasteiger partial charge in [0.2, 0.25) is 0 Å². The summed E-state index contributed by atoms with van der Waals surface area (Å²) in [6, 6.07) is 4.74. The number of nitrogens with one attached hydrogen (secondary N) is 2. The van der Waals surface area contributed by atoms with Crippen molar-refractivity contribution < 1.29 is 13.9 Å². The van der Waals surface area contributed by atoms with E-state index in [0.717, 1.165) is 32.0 Å². The molecule has 5 nitrogen and oxygen atoms in total. The SMILES string of the molecule is CCNC(=NCCCOC1CCOC1)NCCc1c(F)cccc1Cl.I. The molecule has 1 aromatic rings. The molecule has 0 aromatic heterocycles. The van der Waals surface area contributed by atoms with Gasteiger partial charge in [0, 0.05) is 43.4 Å². The minimum absolute atomic E-state index is 0. The van der Waals surface area contributed by atoms with Gasteiger partial charge < -0.3 is 20.1 Å². The Morgan fingerprint density at radius 1 is 1.42 bits per heavy atom. The Hall–Kier alpha value is -0.640. The van der Waals surface area contributed by atoms with Crippen molar-refractivity contribution in [3.8, 4) is 0 Å². The summed E-state index contributed by atoms with van der Waals surface area (Å²) < 4.78 is 24.7. The highest BCUT2D eigenvalue weighted by atomic mass is 127. The van der Waals surface area contributed by atoms with Crippen LogP contribution in [0, 0.1) is 5.82 Å². The number of rotatable bonds is 9. The highest BCUT2D eigenvalue weighted by Crippen LogP contribution is 2.18. The summed E-state index contributed by atoms with van der Waals surface area (Å²) in [6.45, 7) is 6.18. The van der Waals surface area contributed by atoms with Crippen LogP contribution in [0.25, 0.3) is 0 Å². The lowest BCUT2D eigenvalue weighted by Crippen LogP contribution is -2.38. The van der Waals surface area contributed by atoms with E-state index < -0.39 is 0 Å². The van der Waals surface area contributed by atoms with E-state index in [2.05, 4.69) is 15.6 Å². The molecule has 0 radical (unpaired) electrons. The van der Waals surface area contributed by atoms with Gasteiger partial charge in [-0.25, -0.2) is 4.39 Å². The lowest BCUT2D eigenvalue weighted by molar-refractivity contribution is 0.0424. The van der Waals surface area contributed by atoms with Crippen molar-refractivity contribution in [2.45, 2.75) is 32.3 Å². The predicted molar refractivity (Wildman–Crippen MR) is 114 cm³/mol. The van der Waals surface area contributed by atoms with E-state index in [-0.39, 0.29) is 35.9 Å². The first-order chi connectivity index (χ1) is 12.2. The molecule has 1 saturated heterocycles. The van der Waals surface area contributed by atoms with E-state index in [4.69, 9.17) is 21.1 Å². The van der Waals surface area contributed by atoms with Crippen LogP contribution in [-0.2, 0) is 15.9 Å². The van der Waals surface area contributed by atoms with Crippen molar-refractivity contribution in [2.24, 2.45) is 4.99 Å². The summed E-state index contributed by atoms with van der Waals surface area (Å²) in [5.74, 6) is 0.448. The second-order valence-corrected chi connectivity index (χ2v) is 6.25. The Kier molecular flexibility index (Phi) is 12.2. The van der Waals surface area contributed by atoms with Crippen molar-refractivity contribution in [1.29, 1.82) is 0 Å². The minimum Gasteiger partial charge on any atom is -0.379 e. The number of nitrogens with zero attached hydrogens (tertiary/aromatic N) is 1. The van der Waals surface area contributed by atoms with Crippen LogP contribution in [0.5, 0.6) is 0 Å². The number of hydrogen-bond donors (Lipinski definition) is 2. The van der Waals surface area contributed by atoms with Crippen LogP contribution < -0.4 is 10.6 Å². The van der Waals surface area contributed by atoms with Crippen molar-refractivity contribution in [1.82, 2.24) is 10.6 Å². The van der Waals surface area contributed by atoms with E-state index in [1.807, 2.05) is 6.92 Å². The molecular formula is C18H28ClFIN3O2. The average Bonchev–Trinajstić information content (AvgIpc) is 3.10. The molecule has 1 aliphatic rings. The van der Waals surface area contributed by atoms with Gasteiger partial charge in [0.25, 0.3) is 0 Å². The number of benzene rings is 1. The molecule has 2 rings (SSSR count). The molecule has 1 fully saturated rings. The maximum absolute atomic E-state index is 13.8. The second kappa shape index (κ2) is 13.5. The lowest BCUT2D eigenvalue weighted by Gasteiger charge is -2.12. The number of guanidine groups is 1. The van der Waals surface area contributed by atoms with Crippen LogP contribution in [0.15, 0.2) is 23.2 Å². The van der Waals surface area contributed by atoms with Crippen LogP contribution in [0.4, 0.5) is 4.39 Å². The highest BCUT2D eigenvalue weighted by Gasteiger charge is 2.15. The summed E-state index contributed by atoms with van der Waals surface area (Å²) >= 11 is 6.04. The van der Waals surface area contributed by atoms with Crippen molar-refractivity contribution in [2.75, 3.05) is 39.5 Å². The Morgan fingerprint density at radius 3 is 2.96 bits per heavy atom. The van der Waals surface area contributed by atoms with E-state index in [9.17, 15) is 4.39 Å². The summed E-state index contributed by atoms with van der Waals surface area (Å²) in [5, 5.41) is 6.85. The Balaban J connectivity index is 0.00000338. The lowest BCUT2D eigenvalue weighted by atomic mass is 10.1. The molecule has 148 valence electrons. The Labute approximate surface area is 177 Å². The van der Waals surface area contributed by atoms with Crippen LogP contribution in [-0.4, -0.2) is 51.5 Å². The standard InChI is InChI=1S/C18H27ClFN3O2.HI/c1-2-21-18(22-9-4-11-25-14-8-12-24-13-14)23-10-7-15-16(19)5-3-6-17(15)20;/h3,5-6,14H,2,4,7-13H2,1H3,(H2,21,22,23);1H. The van der Waals surface area contributed by atoms with Gasteiger partial charge in [-0.2, -0.15) is 0 Å². The van der Waals surface area contributed by atoms with Gasteiger partial charge >= 0.3 is 0 Å². The smallest absolute Gasteiger partial charge is 0.191 e. The van der Waals surface area contributed by atoms with Gasteiger partial charge in [0.15, 0.2) is 5.96 Å². The number of halogens is 3. The van der Waals surface area contributed by atoms with Gasteiger partial charge in [-0.3, -0.25) is 4.99 Å². The molecule has 1 aliphatic heterocycles.